The quantitative estimate of drug-likeness (QED) is 0.0746. The van der Waals surface area contributed by atoms with Crippen LogP contribution in [0.2, 0.25) is 0 Å². The second kappa shape index (κ2) is 15.4. The molecule has 0 bridgehead atoms. The average Bonchev–Trinajstić information content (AvgIpc) is 3.56. The Bertz CT molecular complexity index is 2310. The molecule has 3 aromatic carbocycles. The summed E-state index contributed by atoms with van der Waals surface area (Å²) in [4.78, 5) is 34.4. The van der Waals surface area contributed by atoms with Crippen LogP contribution in [0, 0.1) is 5.82 Å². The van der Waals surface area contributed by atoms with Gasteiger partial charge in [0.05, 0.1) is 11.2 Å². The second-order valence-corrected chi connectivity index (χ2v) is 14.4. The zero-order valence-electron chi connectivity index (χ0n) is 31.7. The van der Waals surface area contributed by atoms with Gasteiger partial charge in [-0.2, -0.15) is 4.98 Å². The first-order valence-corrected chi connectivity index (χ1v) is 18.5. The van der Waals surface area contributed by atoms with Crippen LogP contribution in [0.25, 0.3) is 22.2 Å². The summed E-state index contributed by atoms with van der Waals surface area (Å²) >= 11 is 0. The largest absolute Gasteiger partial charge is 0.398 e. The van der Waals surface area contributed by atoms with Gasteiger partial charge < -0.3 is 36.7 Å². The van der Waals surface area contributed by atoms with Crippen molar-refractivity contribution in [2.24, 2.45) is 0 Å². The van der Waals surface area contributed by atoms with E-state index in [1.54, 1.807) is 39.1 Å². The number of nitrogen functional groups attached to an aromatic ring is 1. The average molecular weight is 743 g/mol. The van der Waals surface area contributed by atoms with Gasteiger partial charge in [0.2, 0.25) is 5.95 Å². The second-order valence-electron chi connectivity index (χ2n) is 14.4. The lowest BCUT2D eigenvalue weighted by atomic mass is 9.99. The Balaban J connectivity index is 0.980. The number of piperazine rings is 1. The van der Waals surface area contributed by atoms with E-state index in [1.807, 2.05) is 12.1 Å². The summed E-state index contributed by atoms with van der Waals surface area (Å²) in [6.07, 6.45) is 2.25. The molecule has 1 aliphatic heterocycles. The summed E-state index contributed by atoms with van der Waals surface area (Å²) in [6.45, 7) is 11.3. The minimum Gasteiger partial charge on any atom is -0.398 e. The highest BCUT2D eigenvalue weighted by Crippen LogP contribution is 2.36. The molecule has 55 heavy (non-hydrogen) atoms. The highest BCUT2D eigenvalue weighted by Gasteiger charge is 2.24. The molecule has 1 atom stereocenters. The minimum absolute atomic E-state index is 0.247. The minimum atomic E-state index is -1.13. The molecule has 13 heteroatoms. The first-order valence-electron chi connectivity index (χ1n) is 18.5. The molecule has 1 aliphatic rings. The van der Waals surface area contributed by atoms with Gasteiger partial charge in [-0.1, -0.05) is 37.3 Å². The van der Waals surface area contributed by atoms with Gasteiger partial charge in [-0.05, 0) is 92.4 Å². The molecule has 1 saturated heterocycles. The number of anilines is 6. The number of benzene rings is 3. The van der Waals surface area contributed by atoms with Crippen molar-refractivity contribution in [3.63, 3.8) is 0 Å². The number of nitrogens with zero attached hydrogens (tertiary/aromatic N) is 5. The van der Waals surface area contributed by atoms with E-state index in [0.29, 0.717) is 23.1 Å². The number of hydrogen-bond acceptors (Lipinski definition) is 10. The maximum absolute atomic E-state index is 14.1. The lowest BCUT2D eigenvalue weighted by Crippen LogP contribution is -2.47. The number of aryl methyl sites for hydroxylation is 1. The van der Waals surface area contributed by atoms with Crippen LogP contribution < -0.4 is 26.6 Å². The number of carbonyl (C=O) groups excluding carboxylic acids is 1. The molecule has 12 nitrogen and oxygen atoms in total. The van der Waals surface area contributed by atoms with Crippen molar-refractivity contribution in [3.8, 4) is 11.3 Å². The fraction of sp³-hybridized carbons (Fsp3) is 0.286. The molecule has 0 saturated carbocycles. The van der Waals surface area contributed by atoms with E-state index in [9.17, 15) is 14.3 Å². The third-order valence-electron chi connectivity index (χ3n) is 10.3. The third-order valence-corrected chi connectivity index (χ3v) is 10.3. The van der Waals surface area contributed by atoms with E-state index in [-0.39, 0.29) is 29.1 Å². The summed E-state index contributed by atoms with van der Waals surface area (Å²) in [6, 6.07) is 25.2. The van der Waals surface area contributed by atoms with E-state index in [2.05, 4.69) is 95.9 Å². The number of carbonyl (C=O) groups is 1. The number of hydrogen-bond donors (Lipinski definition) is 6. The van der Waals surface area contributed by atoms with Crippen LogP contribution in [0.15, 0.2) is 85.1 Å². The van der Waals surface area contributed by atoms with Gasteiger partial charge in [0, 0.05) is 73.6 Å². The monoisotopic (exact) mass is 742 g/mol. The lowest BCUT2D eigenvalue weighted by Gasteiger charge is -2.39. The molecule has 0 aliphatic carbocycles. The van der Waals surface area contributed by atoms with Crippen LogP contribution in [-0.4, -0.2) is 69.1 Å². The van der Waals surface area contributed by atoms with Gasteiger partial charge in [-0.25, -0.2) is 14.4 Å². The van der Waals surface area contributed by atoms with Gasteiger partial charge in [0.15, 0.2) is 0 Å². The molecule has 0 radical (unpaired) electrons. The number of halogens is 1. The molecule has 1 amide bonds. The van der Waals surface area contributed by atoms with Gasteiger partial charge in [0.25, 0.3) is 5.91 Å². The van der Waals surface area contributed by atoms with Gasteiger partial charge in [-0.3, -0.25) is 9.69 Å². The van der Waals surface area contributed by atoms with Crippen molar-refractivity contribution in [2.45, 2.75) is 45.8 Å². The number of aliphatic hydroxyl groups is 1. The third kappa shape index (κ3) is 7.94. The van der Waals surface area contributed by atoms with Gasteiger partial charge in [-0.15, -0.1) is 0 Å². The lowest BCUT2D eigenvalue weighted by molar-refractivity contribution is 0.0740. The molecule has 0 spiro atoms. The maximum Gasteiger partial charge on any atom is 0.256 e. The molecular weight excluding hydrogens is 696 g/mol. The molecule has 7 N–H and O–H groups in total. The number of fused-ring (bicyclic) bond motifs is 1. The maximum atomic E-state index is 14.1. The standard InChI is InChI=1S/C42H47FN10O2/c1-6-31-37-33(44)22-28(43)23-34(37)48-38(31)27-12-10-26(11-13-27)25(2)52-18-20-53(21-19-52)30-16-14-29(15-17-30)47-41-46-24-32(40(54)45-5)39(51-41)50-36-9-7-8-35(49-36)42(3,4)55/h7-17,22-25,48,55H,6,18-21,44H2,1-5H3,(H,45,54)(H2,46,47,49,50,51). The van der Waals surface area contributed by atoms with E-state index in [4.69, 9.17) is 5.73 Å². The number of H-pyrrole nitrogens is 1. The number of aromatic amines is 1. The highest BCUT2D eigenvalue weighted by molar-refractivity contribution is 5.99. The molecular formula is C42H47FN10O2. The molecule has 4 heterocycles. The van der Waals surface area contributed by atoms with Crippen LogP contribution in [0.5, 0.6) is 0 Å². The Labute approximate surface area is 320 Å². The van der Waals surface area contributed by atoms with Crippen molar-refractivity contribution in [1.29, 1.82) is 0 Å². The Kier molecular flexibility index (Phi) is 10.4. The molecule has 284 valence electrons. The van der Waals surface area contributed by atoms with E-state index < -0.39 is 5.60 Å². The fourth-order valence-electron chi connectivity index (χ4n) is 7.19. The first-order chi connectivity index (χ1) is 26.4. The number of aromatic nitrogens is 4. The van der Waals surface area contributed by atoms with Crippen molar-refractivity contribution in [2.75, 3.05) is 54.5 Å². The van der Waals surface area contributed by atoms with Crippen molar-refractivity contribution >= 4 is 51.5 Å². The predicted molar refractivity (Wildman–Crippen MR) is 218 cm³/mol. The zero-order chi connectivity index (χ0) is 38.9. The topological polar surface area (TPSA) is 160 Å². The Hall–Kier alpha value is -6.05. The molecule has 7 rings (SSSR count). The van der Waals surface area contributed by atoms with Crippen LogP contribution in [0.1, 0.15) is 60.9 Å². The van der Waals surface area contributed by atoms with Crippen LogP contribution >= 0.6 is 0 Å². The highest BCUT2D eigenvalue weighted by atomic mass is 19.1. The zero-order valence-corrected chi connectivity index (χ0v) is 31.7. The molecule has 3 aromatic heterocycles. The number of pyridine rings is 1. The van der Waals surface area contributed by atoms with Crippen LogP contribution in [0.4, 0.5) is 39.0 Å². The predicted octanol–water partition coefficient (Wildman–Crippen LogP) is 7.26. The van der Waals surface area contributed by atoms with Crippen molar-refractivity contribution < 1.29 is 14.3 Å². The summed E-state index contributed by atoms with van der Waals surface area (Å²) in [5, 5.41) is 20.3. The fourth-order valence-corrected chi connectivity index (χ4v) is 7.19. The number of amides is 1. The number of nitrogens with two attached hydrogens (primary N) is 1. The van der Waals surface area contributed by atoms with E-state index in [0.717, 1.165) is 71.7 Å². The smallest absolute Gasteiger partial charge is 0.256 e. The Morgan fingerprint density at radius 1 is 1.00 bits per heavy atom. The van der Waals surface area contributed by atoms with E-state index in [1.165, 1.54) is 23.9 Å². The SMILES string of the molecule is CCc1c(-c2ccc(C(C)N3CCN(c4ccc(Nc5ncc(C(=O)NC)c(Nc6cccc(C(C)(C)O)n6)n5)cc4)CC3)cc2)[nH]c2cc(F)cc(N)c12. The molecule has 1 fully saturated rings. The molecule has 6 aromatic rings. The number of nitrogens with one attached hydrogen (secondary N) is 4. The summed E-state index contributed by atoms with van der Waals surface area (Å²) in [5.41, 5.74) is 13.3. The summed E-state index contributed by atoms with van der Waals surface area (Å²) in [7, 11) is 1.55. The van der Waals surface area contributed by atoms with Crippen LogP contribution in [-0.2, 0) is 12.0 Å². The van der Waals surface area contributed by atoms with Crippen LogP contribution in [0.3, 0.4) is 0 Å². The Morgan fingerprint density at radius 3 is 2.40 bits per heavy atom. The van der Waals surface area contributed by atoms with E-state index >= 15 is 0 Å². The first kappa shape index (κ1) is 37.3. The normalized spacial score (nSPS) is 14.2. The van der Waals surface area contributed by atoms with Crippen molar-refractivity contribution in [1.82, 2.24) is 30.2 Å². The number of rotatable bonds is 11. The Morgan fingerprint density at radius 2 is 1.73 bits per heavy atom. The summed E-state index contributed by atoms with van der Waals surface area (Å²) in [5.74, 6) is 0.334. The van der Waals surface area contributed by atoms with Gasteiger partial charge >= 0.3 is 0 Å². The van der Waals surface area contributed by atoms with Crippen molar-refractivity contribution in [3.05, 3.63) is 113 Å². The molecule has 1 unspecified atom stereocenters. The van der Waals surface area contributed by atoms with Gasteiger partial charge in [0.1, 0.15) is 28.6 Å². The summed E-state index contributed by atoms with van der Waals surface area (Å²) < 4.78 is 14.1.